The van der Waals surface area contributed by atoms with Gasteiger partial charge in [-0.25, -0.2) is 4.79 Å². The SMILES string of the molecule is C[C@H]1CCCC[C@H]1NC(=O)COC(=O)c1ccc(C2SCCS2)cc1. The lowest BCUT2D eigenvalue weighted by Crippen LogP contribution is -2.42. The second-order valence-corrected chi connectivity index (χ2v) is 9.43. The zero-order chi connectivity index (χ0) is 17.6. The van der Waals surface area contributed by atoms with Crippen LogP contribution in [0, 0.1) is 5.92 Å². The van der Waals surface area contributed by atoms with Crippen LogP contribution in [0.4, 0.5) is 0 Å². The third kappa shape index (κ3) is 5.17. The highest BCUT2D eigenvalue weighted by atomic mass is 32.2. The molecule has 2 aliphatic rings. The smallest absolute Gasteiger partial charge is 0.338 e. The Labute approximate surface area is 157 Å². The van der Waals surface area contributed by atoms with Crippen molar-refractivity contribution in [1.82, 2.24) is 5.32 Å². The number of amides is 1. The van der Waals surface area contributed by atoms with Gasteiger partial charge in [0.1, 0.15) is 0 Å². The Morgan fingerprint density at radius 2 is 1.80 bits per heavy atom. The van der Waals surface area contributed by atoms with Gasteiger partial charge < -0.3 is 10.1 Å². The van der Waals surface area contributed by atoms with E-state index in [2.05, 4.69) is 12.2 Å². The summed E-state index contributed by atoms with van der Waals surface area (Å²) in [7, 11) is 0. The van der Waals surface area contributed by atoms with Crippen LogP contribution in [-0.4, -0.2) is 36.0 Å². The number of carbonyl (C=O) groups excluding carboxylic acids is 2. The number of hydrogen-bond donors (Lipinski definition) is 1. The van der Waals surface area contributed by atoms with Crippen molar-refractivity contribution in [3.05, 3.63) is 35.4 Å². The van der Waals surface area contributed by atoms with Crippen molar-refractivity contribution in [2.75, 3.05) is 18.1 Å². The summed E-state index contributed by atoms with van der Waals surface area (Å²) in [6.45, 7) is 1.96. The summed E-state index contributed by atoms with van der Waals surface area (Å²) in [5, 5.41) is 3.00. The molecule has 0 aromatic heterocycles. The van der Waals surface area contributed by atoms with Crippen LogP contribution in [0.2, 0.25) is 0 Å². The number of ether oxygens (including phenoxy) is 1. The molecule has 3 rings (SSSR count). The number of benzene rings is 1. The van der Waals surface area contributed by atoms with Crippen LogP contribution < -0.4 is 5.32 Å². The molecule has 25 heavy (non-hydrogen) atoms. The molecule has 1 saturated heterocycles. The van der Waals surface area contributed by atoms with E-state index in [4.69, 9.17) is 4.74 Å². The van der Waals surface area contributed by atoms with E-state index < -0.39 is 5.97 Å². The lowest BCUT2D eigenvalue weighted by molar-refractivity contribution is -0.125. The minimum atomic E-state index is -0.440. The number of carbonyl (C=O) groups is 2. The molecule has 2 atom stereocenters. The van der Waals surface area contributed by atoms with Gasteiger partial charge in [0.2, 0.25) is 0 Å². The normalized spacial score (nSPS) is 24.0. The maximum Gasteiger partial charge on any atom is 0.338 e. The molecule has 1 amide bonds. The fraction of sp³-hybridized carbons (Fsp3) is 0.579. The predicted molar refractivity (Wildman–Crippen MR) is 104 cm³/mol. The average Bonchev–Trinajstić information content (AvgIpc) is 3.16. The van der Waals surface area contributed by atoms with Crippen molar-refractivity contribution in [2.45, 2.75) is 43.2 Å². The molecule has 0 unspecified atom stereocenters. The van der Waals surface area contributed by atoms with Crippen LogP contribution in [0.25, 0.3) is 0 Å². The molecule has 1 heterocycles. The summed E-state index contributed by atoms with van der Waals surface area (Å²) in [5.41, 5.74) is 1.73. The van der Waals surface area contributed by atoms with Crippen LogP contribution in [-0.2, 0) is 9.53 Å². The third-order valence-electron chi connectivity index (χ3n) is 4.83. The minimum Gasteiger partial charge on any atom is -0.452 e. The van der Waals surface area contributed by atoms with Gasteiger partial charge in [0.15, 0.2) is 6.61 Å². The molecule has 0 radical (unpaired) electrons. The van der Waals surface area contributed by atoms with E-state index in [0.717, 1.165) is 19.3 Å². The molecule has 4 nitrogen and oxygen atoms in total. The lowest BCUT2D eigenvalue weighted by Gasteiger charge is -2.29. The van der Waals surface area contributed by atoms with Crippen LogP contribution in [0.5, 0.6) is 0 Å². The van der Waals surface area contributed by atoms with E-state index >= 15 is 0 Å². The first-order valence-corrected chi connectivity index (χ1v) is 11.0. The molecule has 6 heteroatoms. The molecule has 0 bridgehead atoms. The number of thioether (sulfide) groups is 2. The Morgan fingerprint density at radius 1 is 1.12 bits per heavy atom. The van der Waals surface area contributed by atoms with Crippen LogP contribution in [0.3, 0.4) is 0 Å². The lowest BCUT2D eigenvalue weighted by atomic mass is 9.86. The van der Waals surface area contributed by atoms with Crippen molar-refractivity contribution >= 4 is 35.4 Å². The number of rotatable bonds is 5. The van der Waals surface area contributed by atoms with Crippen LogP contribution in [0.15, 0.2) is 24.3 Å². The fourth-order valence-corrected chi connectivity index (χ4v) is 6.18. The Bertz CT molecular complexity index is 599. The third-order valence-corrected chi connectivity index (χ3v) is 7.94. The van der Waals surface area contributed by atoms with E-state index in [0.29, 0.717) is 16.1 Å². The first-order chi connectivity index (χ1) is 12.1. The van der Waals surface area contributed by atoms with E-state index in [1.54, 1.807) is 12.1 Å². The zero-order valence-corrected chi connectivity index (χ0v) is 16.2. The van der Waals surface area contributed by atoms with E-state index in [1.165, 1.54) is 23.5 Å². The van der Waals surface area contributed by atoms with Gasteiger partial charge in [-0.1, -0.05) is 31.9 Å². The van der Waals surface area contributed by atoms with Gasteiger partial charge in [-0.15, -0.1) is 23.5 Å². The first kappa shape index (κ1) is 18.6. The maximum atomic E-state index is 12.1. The molecule has 1 aromatic rings. The van der Waals surface area contributed by atoms with Crippen molar-refractivity contribution in [1.29, 1.82) is 0 Å². The van der Waals surface area contributed by atoms with E-state index in [1.807, 2.05) is 35.7 Å². The van der Waals surface area contributed by atoms with Crippen molar-refractivity contribution in [3.8, 4) is 0 Å². The highest BCUT2D eigenvalue weighted by Gasteiger charge is 2.23. The summed E-state index contributed by atoms with van der Waals surface area (Å²) in [5.74, 6) is 2.20. The van der Waals surface area contributed by atoms with Gasteiger partial charge in [-0.2, -0.15) is 0 Å². The Kier molecular flexibility index (Phi) is 6.70. The van der Waals surface area contributed by atoms with Gasteiger partial charge in [0.25, 0.3) is 5.91 Å². The summed E-state index contributed by atoms with van der Waals surface area (Å²) in [4.78, 5) is 24.2. The maximum absolute atomic E-state index is 12.1. The fourth-order valence-electron chi connectivity index (χ4n) is 3.32. The largest absolute Gasteiger partial charge is 0.452 e. The zero-order valence-electron chi connectivity index (χ0n) is 14.5. The average molecular weight is 380 g/mol. The molecule has 1 aromatic carbocycles. The molecule has 0 spiro atoms. The molecule has 136 valence electrons. The number of nitrogens with one attached hydrogen (secondary N) is 1. The van der Waals surface area contributed by atoms with E-state index in [9.17, 15) is 9.59 Å². The second kappa shape index (κ2) is 8.99. The molecule has 1 saturated carbocycles. The van der Waals surface area contributed by atoms with Crippen LogP contribution in [0.1, 0.15) is 53.1 Å². The summed E-state index contributed by atoms with van der Waals surface area (Å²) in [6.07, 6.45) is 4.55. The van der Waals surface area contributed by atoms with Crippen molar-refractivity contribution < 1.29 is 14.3 Å². The summed E-state index contributed by atoms with van der Waals surface area (Å²) in [6, 6.07) is 7.75. The van der Waals surface area contributed by atoms with E-state index in [-0.39, 0.29) is 18.6 Å². The van der Waals surface area contributed by atoms with Gasteiger partial charge in [0.05, 0.1) is 10.1 Å². The number of esters is 1. The molecule has 2 fully saturated rings. The topological polar surface area (TPSA) is 55.4 Å². The van der Waals surface area contributed by atoms with Gasteiger partial charge in [-0.3, -0.25) is 4.79 Å². The monoisotopic (exact) mass is 379 g/mol. The predicted octanol–water partition coefficient (Wildman–Crippen LogP) is 4.02. The molecular formula is C19H25NO3S2. The van der Waals surface area contributed by atoms with Crippen molar-refractivity contribution in [2.24, 2.45) is 5.92 Å². The molecular weight excluding hydrogens is 354 g/mol. The Morgan fingerprint density at radius 3 is 2.48 bits per heavy atom. The van der Waals surface area contributed by atoms with Gasteiger partial charge >= 0.3 is 5.97 Å². The summed E-state index contributed by atoms with van der Waals surface area (Å²) >= 11 is 3.87. The van der Waals surface area contributed by atoms with Crippen LogP contribution >= 0.6 is 23.5 Å². The quantitative estimate of drug-likeness (QED) is 0.783. The minimum absolute atomic E-state index is 0.206. The number of hydrogen-bond acceptors (Lipinski definition) is 5. The van der Waals surface area contributed by atoms with Crippen molar-refractivity contribution in [3.63, 3.8) is 0 Å². The summed E-state index contributed by atoms with van der Waals surface area (Å²) < 4.78 is 5.64. The van der Waals surface area contributed by atoms with Gasteiger partial charge in [0, 0.05) is 17.5 Å². The first-order valence-electron chi connectivity index (χ1n) is 8.93. The Hall–Kier alpha value is -1.14. The second-order valence-electron chi connectivity index (χ2n) is 6.71. The molecule has 1 aliphatic heterocycles. The van der Waals surface area contributed by atoms with Gasteiger partial charge in [-0.05, 0) is 36.5 Å². The molecule has 1 N–H and O–H groups in total. The standard InChI is InChI=1S/C19H25NO3S2/c1-13-4-2-3-5-16(13)20-17(21)12-23-18(22)14-6-8-15(9-7-14)19-24-10-11-25-19/h6-9,13,16,19H,2-5,10-12H2,1H3,(H,20,21)/t13-,16+/m0/s1. The molecule has 1 aliphatic carbocycles. The highest BCUT2D eigenvalue weighted by Crippen LogP contribution is 2.45. The highest BCUT2D eigenvalue weighted by molar-refractivity contribution is 8.19. The Balaban J connectivity index is 1.46.